The van der Waals surface area contributed by atoms with Gasteiger partial charge in [0.05, 0.1) is 0 Å². The smallest absolute Gasteiger partial charge is 0.0466 e. The van der Waals surface area contributed by atoms with Gasteiger partial charge < -0.3 is 4.98 Å². The molecule has 1 heteroatoms. The molecule has 1 heterocycles. The zero-order valence-corrected chi connectivity index (χ0v) is 16.7. The fourth-order valence-electron chi connectivity index (χ4n) is 5.91. The van der Waals surface area contributed by atoms with E-state index in [-0.39, 0.29) is 0 Å². The molecule has 6 aromatic carbocycles. The molecular formula is C30H17N. The highest BCUT2D eigenvalue weighted by Crippen LogP contribution is 2.55. The molecule has 1 aliphatic rings. The fourth-order valence-corrected chi connectivity index (χ4v) is 5.91. The second-order valence-electron chi connectivity index (χ2n) is 8.60. The van der Waals surface area contributed by atoms with Crippen LogP contribution >= 0.6 is 0 Å². The average molecular weight is 391 g/mol. The van der Waals surface area contributed by atoms with Crippen molar-refractivity contribution in [3.63, 3.8) is 0 Å². The van der Waals surface area contributed by atoms with Gasteiger partial charge in [0.15, 0.2) is 0 Å². The lowest BCUT2D eigenvalue weighted by Crippen LogP contribution is -1.89. The van der Waals surface area contributed by atoms with Crippen molar-refractivity contribution in [3.05, 3.63) is 97.2 Å². The maximum absolute atomic E-state index is 3.52. The van der Waals surface area contributed by atoms with Crippen LogP contribution in [0.25, 0.3) is 76.2 Å². The van der Waals surface area contributed by atoms with E-state index in [1.54, 1.807) is 0 Å². The summed E-state index contributed by atoms with van der Waals surface area (Å²) in [6.45, 7) is 0. The molecule has 0 saturated carbocycles. The first-order valence-corrected chi connectivity index (χ1v) is 10.8. The van der Waals surface area contributed by atoms with Crippen molar-refractivity contribution in [2.75, 3.05) is 0 Å². The van der Waals surface area contributed by atoms with Crippen LogP contribution in [0.1, 0.15) is 0 Å². The second-order valence-corrected chi connectivity index (χ2v) is 8.60. The molecule has 0 saturated heterocycles. The van der Waals surface area contributed by atoms with Gasteiger partial charge in [-0.15, -0.1) is 0 Å². The summed E-state index contributed by atoms with van der Waals surface area (Å²) < 4.78 is 0. The molecule has 0 radical (unpaired) electrons. The van der Waals surface area contributed by atoms with E-state index in [1.807, 2.05) is 0 Å². The Balaban J connectivity index is 1.78. The molecular weight excluding hydrogens is 374 g/mol. The third kappa shape index (κ3) is 1.79. The summed E-state index contributed by atoms with van der Waals surface area (Å²) in [6.07, 6.45) is 2.21. The highest BCUT2D eigenvalue weighted by molar-refractivity contribution is 6.37. The molecule has 31 heavy (non-hydrogen) atoms. The van der Waals surface area contributed by atoms with Crippen LogP contribution in [0.5, 0.6) is 0 Å². The Bertz CT molecular complexity index is 1790. The first-order valence-electron chi connectivity index (χ1n) is 10.8. The van der Waals surface area contributed by atoms with Crippen LogP contribution in [-0.4, -0.2) is 4.98 Å². The minimum atomic E-state index is 1.21. The molecule has 0 aliphatic heterocycles. The van der Waals surface area contributed by atoms with Gasteiger partial charge in [0.25, 0.3) is 0 Å². The van der Waals surface area contributed by atoms with Crippen molar-refractivity contribution < 1.29 is 0 Å². The number of fused-ring (bicyclic) bond motifs is 12. The molecule has 142 valence electrons. The highest BCUT2D eigenvalue weighted by atomic mass is 14.7. The summed E-state index contributed by atoms with van der Waals surface area (Å²) in [4.78, 5) is 3.52. The van der Waals surface area contributed by atoms with Gasteiger partial charge in [0.2, 0.25) is 0 Å². The highest BCUT2D eigenvalue weighted by Gasteiger charge is 2.28. The van der Waals surface area contributed by atoms with Gasteiger partial charge in [-0.3, -0.25) is 0 Å². The number of hydrogen-bond acceptors (Lipinski definition) is 0. The van der Waals surface area contributed by atoms with E-state index in [2.05, 4.69) is 102 Å². The number of hydrogen-bond donors (Lipinski definition) is 1. The van der Waals surface area contributed by atoms with E-state index in [9.17, 15) is 0 Å². The van der Waals surface area contributed by atoms with Crippen LogP contribution in [0.2, 0.25) is 0 Å². The van der Waals surface area contributed by atoms with E-state index in [4.69, 9.17) is 0 Å². The first kappa shape index (κ1) is 15.7. The van der Waals surface area contributed by atoms with E-state index < -0.39 is 0 Å². The largest absolute Gasteiger partial charge is 0.361 e. The van der Waals surface area contributed by atoms with Crippen LogP contribution in [-0.2, 0) is 0 Å². The van der Waals surface area contributed by atoms with Crippen LogP contribution in [0.4, 0.5) is 0 Å². The van der Waals surface area contributed by atoms with Crippen LogP contribution in [0.15, 0.2) is 97.2 Å². The molecule has 1 nitrogen and oxygen atoms in total. The van der Waals surface area contributed by atoms with Crippen LogP contribution in [0.3, 0.4) is 0 Å². The number of nitrogens with one attached hydrogen (secondary N) is 1. The van der Waals surface area contributed by atoms with Gasteiger partial charge in [0.1, 0.15) is 0 Å². The zero-order valence-electron chi connectivity index (χ0n) is 16.7. The van der Waals surface area contributed by atoms with Crippen molar-refractivity contribution in [3.8, 4) is 22.3 Å². The third-order valence-corrected chi connectivity index (χ3v) is 7.14. The van der Waals surface area contributed by atoms with Crippen LogP contribution in [0, 0.1) is 0 Å². The normalized spacial score (nSPS) is 12.5. The van der Waals surface area contributed by atoms with Gasteiger partial charge in [0, 0.05) is 28.2 Å². The maximum Gasteiger partial charge on any atom is 0.0466 e. The lowest BCUT2D eigenvalue weighted by atomic mass is 9.86. The Hall–Kier alpha value is -4.10. The Morgan fingerprint density at radius 1 is 0.419 bits per heavy atom. The number of aromatic amines is 1. The molecule has 0 atom stereocenters. The molecule has 0 spiro atoms. The van der Waals surface area contributed by atoms with Gasteiger partial charge in [-0.2, -0.15) is 0 Å². The topological polar surface area (TPSA) is 15.8 Å². The standard InChI is InChI=1S/C30H17N/c1-3-8-19-17(6-1)12-14-21-22-15-13-18-7-2-4-9-20(18)28(22)30-24-16-31-25-11-5-10-23(26(24)25)29(30)27(19)21/h1-16,31H. The third-order valence-electron chi connectivity index (χ3n) is 7.14. The Kier molecular flexibility index (Phi) is 2.70. The minimum absolute atomic E-state index is 1.21. The molecule has 1 N–H and O–H groups in total. The van der Waals surface area contributed by atoms with Gasteiger partial charge in [-0.05, 0) is 60.3 Å². The Morgan fingerprint density at radius 3 is 1.71 bits per heavy atom. The van der Waals surface area contributed by atoms with E-state index >= 15 is 0 Å². The second kappa shape index (κ2) is 5.33. The summed E-state index contributed by atoms with van der Waals surface area (Å²) >= 11 is 0. The average Bonchev–Trinajstić information content (AvgIpc) is 3.41. The van der Waals surface area contributed by atoms with E-state index in [0.29, 0.717) is 0 Å². The monoisotopic (exact) mass is 391 g/mol. The van der Waals surface area contributed by atoms with Gasteiger partial charge in [-0.1, -0.05) is 84.9 Å². The Labute approximate surface area is 178 Å². The lowest BCUT2D eigenvalue weighted by molar-refractivity contribution is 1.47. The molecule has 7 aromatic rings. The van der Waals surface area contributed by atoms with Crippen molar-refractivity contribution in [1.29, 1.82) is 0 Å². The van der Waals surface area contributed by atoms with E-state index in [0.717, 1.165) is 0 Å². The summed E-state index contributed by atoms with van der Waals surface area (Å²) in [6, 6.07) is 33.4. The zero-order chi connectivity index (χ0) is 20.1. The Morgan fingerprint density at radius 2 is 1.03 bits per heavy atom. The summed E-state index contributed by atoms with van der Waals surface area (Å²) in [5, 5.41) is 12.0. The number of aromatic nitrogens is 1. The van der Waals surface area contributed by atoms with Crippen molar-refractivity contribution in [2.24, 2.45) is 0 Å². The predicted molar refractivity (Wildman–Crippen MR) is 133 cm³/mol. The SMILES string of the molecule is c1ccc2c(c1)ccc1c3ccc4ccccc4c3c3c(c21)-c1cccc2[nH]cc-3c12. The summed E-state index contributed by atoms with van der Waals surface area (Å²) in [7, 11) is 0. The maximum atomic E-state index is 3.52. The van der Waals surface area contributed by atoms with Crippen molar-refractivity contribution in [2.45, 2.75) is 0 Å². The molecule has 0 bridgehead atoms. The molecule has 1 aromatic heterocycles. The number of rotatable bonds is 0. The lowest BCUT2D eigenvalue weighted by Gasteiger charge is -2.17. The number of benzene rings is 6. The summed E-state index contributed by atoms with van der Waals surface area (Å²) in [5.41, 5.74) is 6.66. The summed E-state index contributed by atoms with van der Waals surface area (Å²) in [5.74, 6) is 0. The van der Waals surface area contributed by atoms with Crippen LogP contribution < -0.4 is 0 Å². The van der Waals surface area contributed by atoms with Crippen molar-refractivity contribution >= 4 is 54.0 Å². The van der Waals surface area contributed by atoms with Gasteiger partial charge >= 0.3 is 0 Å². The number of H-pyrrole nitrogens is 1. The first-order chi connectivity index (χ1) is 15.4. The molecule has 0 unspecified atom stereocenters. The van der Waals surface area contributed by atoms with E-state index in [1.165, 1.54) is 76.2 Å². The molecule has 0 amide bonds. The molecule has 8 rings (SSSR count). The van der Waals surface area contributed by atoms with Crippen molar-refractivity contribution in [1.82, 2.24) is 4.98 Å². The predicted octanol–water partition coefficient (Wildman–Crippen LogP) is 8.43. The quantitative estimate of drug-likeness (QED) is 0.250. The fraction of sp³-hybridized carbons (Fsp3) is 0. The molecule has 1 aliphatic carbocycles. The minimum Gasteiger partial charge on any atom is -0.361 e. The molecule has 0 fully saturated rings. The van der Waals surface area contributed by atoms with Gasteiger partial charge in [-0.25, -0.2) is 0 Å².